The summed E-state index contributed by atoms with van der Waals surface area (Å²) >= 11 is 0. The van der Waals surface area contributed by atoms with Gasteiger partial charge in [0.15, 0.2) is 5.69 Å². The van der Waals surface area contributed by atoms with Gasteiger partial charge in [-0.1, -0.05) is 6.92 Å². The average molecular weight is 273 g/mol. The second kappa shape index (κ2) is 4.36. The smallest absolute Gasteiger partial charge is 0.357 e. The topological polar surface area (TPSA) is 103 Å². The Morgan fingerprint density at radius 3 is 2.61 bits per heavy atom. The molecule has 0 saturated heterocycles. The van der Waals surface area contributed by atoms with Crippen LogP contribution >= 0.6 is 0 Å². The summed E-state index contributed by atoms with van der Waals surface area (Å²) in [5, 5.41) is 15.0. The fourth-order valence-corrected chi connectivity index (χ4v) is 3.97. The molecule has 0 aromatic carbocycles. The van der Waals surface area contributed by atoms with E-state index in [0.29, 0.717) is 6.54 Å². The zero-order valence-corrected chi connectivity index (χ0v) is 11.0. The number of aromatic nitrogens is 2. The molecular weight excluding hydrogens is 258 g/mol. The molecule has 1 aliphatic carbocycles. The van der Waals surface area contributed by atoms with Crippen molar-refractivity contribution < 1.29 is 18.3 Å². The number of carbonyl (C=O) groups is 1. The van der Waals surface area contributed by atoms with Gasteiger partial charge in [0.1, 0.15) is 4.90 Å². The number of nitrogens with zero attached hydrogens (tertiary/aromatic N) is 2. The zero-order valence-electron chi connectivity index (χ0n) is 10.2. The molecule has 1 aromatic heterocycles. The number of aromatic carboxylic acids is 1. The van der Waals surface area contributed by atoms with Gasteiger partial charge in [0.2, 0.25) is 10.0 Å². The van der Waals surface area contributed by atoms with Crippen molar-refractivity contribution in [3.05, 3.63) is 11.4 Å². The first-order valence-electron chi connectivity index (χ1n) is 5.69. The Labute approximate surface area is 105 Å². The largest absolute Gasteiger partial charge is 0.476 e. The molecule has 1 fully saturated rings. The molecule has 1 aliphatic rings. The number of carboxylic acids is 1. The van der Waals surface area contributed by atoms with Crippen LogP contribution in [0, 0.1) is 6.92 Å². The highest BCUT2D eigenvalue weighted by atomic mass is 32.2. The van der Waals surface area contributed by atoms with E-state index in [1.165, 1.54) is 11.2 Å². The molecule has 0 aliphatic heterocycles. The van der Waals surface area contributed by atoms with E-state index in [0.717, 1.165) is 12.8 Å². The minimum absolute atomic E-state index is 0.00375. The van der Waals surface area contributed by atoms with Crippen LogP contribution in [-0.2, 0) is 10.0 Å². The van der Waals surface area contributed by atoms with Gasteiger partial charge in [0.25, 0.3) is 0 Å². The number of hydrogen-bond donors (Lipinski definition) is 2. The van der Waals surface area contributed by atoms with Crippen molar-refractivity contribution in [3.63, 3.8) is 0 Å². The number of nitrogens with one attached hydrogen (secondary N) is 1. The fourth-order valence-electron chi connectivity index (χ4n) is 1.98. The van der Waals surface area contributed by atoms with E-state index in [1.54, 1.807) is 6.92 Å². The quantitative estimate of drug-likeness (QED) is 0.817. The number of carboxylic acid groups (broad SMARTS) is 1. The average Bonchev–Trinajstić information content (AvgIpc) is 3.00. The number of hydrogen-bond acceptors (Lipinski definition) is 4. The lowest BCUT2D eigenvalue weighted by atomic mass is 10.4. The van der Waals surface area contributed by atoms with Gasteiger partial charge in [0.05, 0.1) is 5.69 Å². The number of sulfonamides is 1. The van der Waals surface area contributed by atoms with Gasteiger partial charge < -0.3 is 5.11 Å². The second-order valence-corrected chi connectivity index (χ2v) is 6.10. The van der Waals surface area contributed by atoms with E-state index in [-0.39, 0.29) is 16.6 Å². The van der Waals surface area contributed by atoms with Crippen molar-refractivity contribution in [2.75, 3.05) is 6.54 Å². The first-order chi connectivity index (χ1) is 8.39. The van der Waals surface area contributed by atoms with Crippen LogP contribution in [0.5, 0.6) is 0 Å². The van der Waals surface area contributed by atoms with Gasteiger partial charge in [-0.05, 0) is 19.8 Å². The van der Waals surface area contributed by atoms with Gasteiger partial charge in [-0.3, -0.25) is 5.10 Å². The first-order valence-corrected chi connectivity index (χ1v) is 7.13. The van der Waals surface area contributed by atoms with Gasteiger partial charge >= 0.3 is 5.97 Å². The molecule has 1 aromatic rings. The van der Waals surface area contributed by atoms with E-state index in [4.69, 9.17) is 5.11 Å². The Hall–Kier alpha value is -1.41. The Kier molecular flexibility index (Phi) is 3.16. The molecule has 1 saturated carbocycles. The molecule has 7 nitrogen and oxygen atoms in total. The maximum absolute atomic E-state index is 12.5. The predicted octanol–water partition coefficient (Wildman–Crippen LogP) is 0.589. The summed E-state index contributed by atoms with van der Waals surface area (Å²) in [5.41, 5.74) is -0.182. The van der Waals surface area contributed by atoms with Gasteiger partial charge in [-0.2, -0.15) is 9.40 Å². The standard InChI is InChI=1S/C10H15N3O4S/c1-3-13(7-4-5-7)18(16,17)9-6(2)11-12-8(9)10(14)15/h7H,3-5H2,1-2H3,(H,11,12)(H,14,15). The predicted molar refractivity (Wildman–Crippen MR) is 62.9 cm³/mol. The van der Waals surface area contributed by atoms with Gasteiger partial charge in [0, 0.05) is 12.6 Å². The summed E-state index contributed by atoms with van der Waals surface area (Å²) < 4.78 is 26.3. The van der Waals surface area contributed by atoms with Crippen LogP contribution in [0.15, 0.2) is 4.90 Å². The van der Waals surface area contributed by atoms with Gasteiger partial charge in [-0.15, -0.1) is 0 Å². The summed E-state index contributed by atoms with van der Waals surface area (Å²) in [4.78, 5) is 10.8. The molecule has 18 heavy (non-hydrogen) atoms. The molecule has 0 radical (unpaired) electrons. The van der Waals surface area contributed by atoms with Crippen LogP contribution < -0.4 is 0 Å². The maximum atomic E-state index is 12.5. The molecule has 0 unspecified atom stereocenters. The Balaban J connectivity index is 2.52. The summed E-state index contributed by atoms with van der Waals surface area (Å²) in [6, 6.07) is -0.00375. The van der Waals surface area contributed by atoms with Crippen molar-refractivity contribution in [1.29, 1.82) is 0 Å². The van der Waals surface area contributed by atoms with Crippen LogP contribution in [-0.4, -0.2) is 46.6 Å². The third-order valence-electron chi connectivity index (χ3n) is 2.93. The minimum Gasteiger partial charge on any atom is -0.476 e. The van der Waals surface area contributed by atoms with E-state index >= 15 is 0 Å². The molecule has 1 heterocycles. The van der Waals surface area contributed by atoms with Crippen molar-refractivity contribution in [2.45, 2.75) is 37.6 Å². The Morgan fingerprint density at radius 1 is 1.56 bits per heavy atom. The Bertz CT molecular complexity index is 574. The van der Waals surface area contributed by atoms with Crippen LogP contribution in [0.2, 0.25) is 0 Å². The monoisotopic (exact) mass is 273 g/mol. The lowest BCUT2D eigenvalue weighted by Crippen LogP contribution is -2.34. The van der Waals surface area contributed by atoms with Gasteiger partial charge in [-0.25, -0.2) is 13.2 Å². The molecule has 0 amide bonds. The highest BCUT2D eigenvalue weighted by Crippen LogP contribution is 2.33. The van der Waals surface area contributed by atoms with Crippen molar-refractivity contribution in [3.8, 4) is 0 Å². The normalized spacial score (nSPS) is 16.2. The zero-order chi connectivity index (χ0) is 13.5. The maximum Gasteiger partial charge on any atom is 0.357 e. The summed E-state index contributed by atoms with van der Waals surface area (Å²) in [6.45, 7) is 3.58. The van der Waals surface area contributed by atoms with E-state index in [1.807, 2.05) is 0 Å². The second-order valence-electron chi connectivity index (χ2n) is 4.27. The van der Waals surface area contributed by atoms with Crippen LogP contribution in [0.3, 0.4) is 0 Å². The third kappa shape index (κ3) is 2.01. The molecular formula is C10H15N3O4S. The fraction of sp³-hybridized carbons (Fsp3) is 0.600. The summed E-state index contributed by atoms with van der Waals surface area (Å²) in [7, 11) is -3.79. The van der Waals surface area contributed by atoms with Crippen molar-refractivity contribution in [1.82, 2.24) is 14.5 Å². The molecule has 0 bridgehead atoms. The Morgan fingerprint density at radius 2 is 2.17 bits per heavy atom. The SMILES string of the molecule is CCN(C1CC1)S(=O)(=O)c1c(C(=O)O)n[nH]c1C. The molecule has 8 heteroatoms. The van der Waals surface area contributed by atoms with Crippen LogP contribution in [0.4, 0.5) is 0 Å². The summed E-state index contributed by atoms with van der Waals surface area (Å²) in [6.07, 6.45) is 1.65. The first kappa shape index (κ1) is 13.0. The number of aromatic amines is 1. The molecule has 100 valence electrons. The number of H-pyrrole nitrogens is 1. The molecule has 0 atom stereocenters. The van der Waals surface area contributed by atoms with Crippen molar-refractivity contribution in [2.24, 2.45) is 0 Å². The van der Waals surface area contributed by atoms with Crippen LogP contribution in [0.1, 0.15) is 35.9 Å². The van der Waals surface area contributed by atoms with E-state index in [2.05, 4.69) is 10.2 Å². The van der Waals surface area contributed by atoms with E-state index in [9.17, 15) is 13.2 Å². The molecule has 2 rings (SSSR count). The van der Waals surface area contributed by atoms with Crippen molar-refractivity contribution >= 4 is 16.0 Å². The minimum atomic E-state index is -3.79. The number of rotatable bonds is 5. The third-order valence-corrected chi connectivity index (χ3v) is 5.12. The highest BCUT2D eigenvalue weighted by molar-refractivity contribution is 7.89. The lowest BCUT2D eigenvalue weighted by molar-refractivity contribution is 0.0686. The number of aryl methyl sites for hydroxylation is 1. The summed E-state index contributed by atoms with van der Waals surface area (Å²) in [5.74, 6) is -1.34. The van der Waals surface area contributed by atoms with E-state index < -0.39 is 21.7 Å². The molecule has 0 spiro atoms. The van der Waals surface area contributed by atoms with Crippen LogP contribution in [0.25, 0.3) is 0 Å². The lowest BCUT2D eigenvalue weighted by Gasteiger charge is -2.19. The molecule has 2 N–H and O–H groups in total. The highest BCUT2D eigenvalue weighted by Gasteiger charge is 2.40.